The molecule has 3 aromatic carbocycles. The molecule has 202 valence electrons. The van der Waals surface area contributed by atoms with Crippen molar-refractivity contribution in [1.29, 1.82) is 0 Å². The molecule has 0 saturated carbocycles. The molecule has 1 atom stereocenters. The maximum Gasteiger partial charge on any atom is 0.254 e. The highest BCUT2D eigenvalue weighted by atomic mass is 16.5. The Labute approximate surface area is 228 Å². The number of rotatable bonds is 5. The number of amides is 2. The summed E-state index contributed by atoms with van der Waals surface area (Å²) in [4.78, 5) is 28.1. The zero-order chi connectivity index (χ0) is 26.9. The van der Waals surface area contributed by atoms with Gasteiger partial charge in [-0.2, -0.15) is 0 Å². The number of hydrogen-bond acceptors (Lipinski definition) is 6. The maximum atomic E-state index is 13.3. The van der Waals surface area contributed by atoms with E-state index in [2.05, 4.69) is 10.6 Å². The summed E-state index contributed by atoms with van der Waals surface area (Å²) in [5.41, 5.74) is 0.706. The molecule has 0 radical (unpaired) electrons. The average Bonchev–Trinajstić information content (AvgIpc) is 2.95. The van der Waals surface area contributed by atoms with E-state index in [-0.39, 0.29) is 18.4 Å². The molecule has 1 fully saturated rings. The van der Waals surface area contributed by atoms with Crippen molar-refractivity contribution in [3.8, 4) is 17.2 Å². The van der Waals surface area contributed by atoms with Crippen LogP contribution in [0.5, 0.6) is 17.2 Å². The molecule has 2 aliphatic rings. The quantitative estimate of drug-likeness (QED) is 0.484. The fraction of sp³-hybridized carbons (Fsp3) is 0.290. The largest absolute Gasteiger partial charge is 0.491 e. The minimum absolute atomic E-state index is 0.154. The number of nitrogens with zero attached hydrogens (tertiary/aromatic N) is 1. The first-order chi connectivity index (χ1) is 19.1. The van der Waals surface area contributed by atoms with Crippen LogP contribution >= 0.6 is 0 Å². The minimum Gasteiger partial charge on any atom is -0.491 e. The van der Waals surface area contributed by atoms with Crippen molar-refractivity contribution in [2.75, 3.05) is 44.7 Å². The number of morpholine rings is 1. The van der Waals surface area contributed by atoms with Crippen LogP contribution in [0, 0.1) is 0 Å². The lowest BCUT2D eigenvalue weighted by Crippen LogP contribution is -2.60. The minimum atomic E-state index is -1.07. The highest BCUT2D eigenvalue weighted by Crippen LogP contribution is 2.26. The Hall–Kier alpha value is -4.14. The third-order valence-electron chi connectivity index (χ3n) is 6.73. The molecule has 1 unspecified atom stereocenters. The molecule has 2 amide bonds. The molecule has 0 aromatic heterocycles. The van der Waals surface area contributed by atoms with Gasteiger partial charge in [-0.25, -0.2) is 0 Å². The van der Waals surface area contributed by atoms with Gasteiger partial charge in [0.2, 0.25) is 5.91 Å². The molecule has 39 heavy (non-hydrogen) atoms. The van der Waals surface area contributed by atoms with Gasteiger partial charge in [0.25, 0.3) is 5.91 Å². The zero-order valence-corrected chi connectivity index (χ0v) is 21.8. The molecule has 8 nitrogen and oxygen atoms in total. The number of carbonyl (C=O) groups is 2. The van der Waals surface area contributed by atoms with E-state index in [0.29, 0.717) is 57.1 Å². The van der Waals surface area contributed by atoms with E-state index in [1.807, 2.05) is 95.9 Å². The van der Waals surface area contributed by atoms with Gasteiger partial charge in [0, 0.05) is 25.2 Å². The second-order valence-electron chi connectivity index (χ2n) is 9.63. The molecular weight excluding hydrogens is 494 g/mol. The van der Waals surface area contributed by atoms with Gasteiger partial charge in [-0.05, 0) is 54.4 Å². The lowest BCUT2D eigenvalue weighted by Gasteiger charge is -2.41. The van der Waals surface area contributed by atoms with Gasteiger partial charge in [-0.15, -0.1) is 0 Å². The SMILES string of the molecule is O=C(CN1CCOC2(C/C=C/Cc3ccccc3OCCNC2=O)C1)Nc1ccc(Oc2ccccc2)cc1. The smallest absolute Gasteiger partial charge is 0.254 e. The lowest BCUT2D eigenvalue weighted by molar-refractivity contribution is -0.160. The van der Waals surface area contributed by atoms with E-state index in [0.717, 1.165) is 17.1 Å². The standard InChI is InChI=1S/C31H33N3O5/c35-29(33-25-13-15-27(16-14-25)39-26-10-2-1-3-11-26)22-34-19-21-38-31(23-34)17-7-6-9-24-8-4-5-12-28(24)37-20-18-32-30(31)36/h1-8,10-16H,9,17-23H2,(H,32,36)(H,33,35)/b7-6+. The Kier molecular flexibility index (Phi) is 8.55. The van der Waals surface area contributed by atoms with Crippen molar-refractivity contribution in [1.82, 2.24) is 10.2 Å². The summed E-state index contributed by atoms with van der Waals surface area (Å²) < 4.78 is 17.8. The number of benzene rings is 3. The topological polar surface area (TPSA) is 89.1 Å². The molecule has 2 aliphatic heterocycles. The third-order valence-corrected chi connectivity index (χ3v) is 6.73. The van der Waals surface area contributed by atoms with Gasteiger partial charge in [0.15, 0.2) is 5.60 Å². The summed E-state index contributed by atoms with van der Waals surface area (Å²) in [6, 6.07) is 24.7. The fourth-order valence-corrected chi connectivity index (χ4v) is 4.76. The number of carbonyl (C=O) groups excluding carboxylic acids is 2. The summed E-state index contributed by atoms with van der Waals surface area (Å²) in [6.45, 7) is 2.13. The van der Waals surface area contributed by atoms with Gasteiger partial charge in [-0.1, -0.05) is 48.6 Å². The summed E-state index contributed by atoms with van der Waals surface area (Å²) in [6.07, 6.45) is 5.15. The van der Waals surface area contributed by atoms with Crippen LogP contribution in [0.2, 0.25) is 0 Å². The van der Waals surface area contributed by atoms with Gasteiger partial charge >= 0.3 is 0 Å². The van der Waals surface area contributed by atoms with Gasteiger partial charge in [0.05, 0.1) is 19.7 Å². The molecule has 2 N–H and O–H groups in total. The molecule has 0 bridgehead atoms. The van der Waals surface area contributed by atoms with E-state index in [1.165, 1.54) is 0 Å². The number of allylic oxidation sites excluding steroid dienone is 1. The summed E-state index contributed by atoms with van der Waals surface area (Å²) >= 11 is 0. The molecule has 3 aromatic rings. The number of para-hydroxylation sites is 2. The monoisotopic (exact) mass is 527 g/mol. The summed E-state index contributed by atoms with van der Waals surface area (Å²) in [7, 11) is 0. The Morgan fingerprint density at radius 2 is 1.72 bits per heavy atom. The maximum absolute atomic E-state index is 13.3. The van der Waals surface area contributed by atoms with Crippen LogP contribution in [0.3, 0.4) is 0 Å². The average molecular weight is 528 g/mol. The Bertz CT molecular complexity index is 1300. The summed E-state index contributed by atoms with van der Waals surface area (Å²) in [5, 5.41) is 5.91. The van der Waals surface area contributed by atoms with Crippen molar-refractivity contribution in [2.45, 2.75) is 18.4 Å². The van der Waals surface area contributed by atoms with Crippen LogP contribution in [-0.4, -0.2) is 61.7 Å². The Balaban J connectivity index is 1.19. The first-order valence-electron chi connectivity index (χ1n) is 13.2. The van der Waals surface area contributed by atoms with Crippen LogP contribution < -0.4 is 20.1 Å². The second-order valence-corrected chi connectivity index (χ2v) is 9.63. The first kappa shape index (κ1) is 26.5. The number of fused-ring (bicyclic) bond motifs is 1. The molecule has 5 rings (SSSR count). The van der Waals surface area contributed by atoms with Gasteiger partial charge < -0.3 is 24.8 Å². The van der Waals surface area contributed by atoms with Crippen LogP contribution in [0.15, 0.2) is 91.0 Å². The normalized spacial score (nSPS) is 20.9. The lowest BCUT2D eigenvalue weighted by atomic mass is 9.94. The van der Waals surface area contributed by atoms with Crippen LogP contribution in [0.4, 0.5) is 5.69 Å². The van der Waals surface area contributed by atoms with Crippen molar-refractivity contribution in [3.05, 3.63) is 96.6 Å². The molecule has 1 spiro atoms. The molecule has 1 saturated heterocycles. The zero-order valence-electron chi connectivity index (χ0n) is 21.8. The second kappa shape index (κ2) is 12.6. The fourth-order valence-electron chi connectivity index (χ4n) is 4.76. The highest BCUT2D eigenvalue weighted by molar-refractivity contribution is 5.92. The van der Waals surface area contributed by atoms with Crippen molar-refractivity contribution in [3.63, 3.8) is 0 Å². The van der Waals surface area contributed by atoms with Crippen LogP contribution in [-0.2, 0) is 20.7 Å². The molecule has 2 heterocycles. The predicted octanol–water partition coefficient (Wildman–Crippen LogP) is 4.19. The number of anilines is 1. The molecule has 0 aliphatic carbocycles. The number of nitrogens with one attached hydrogen (secondary N) is 2. The third kappa shape index (κ3) is 7.04. The van der Waals surface area contributed by atoms with Gasteiger partial charge in [-0.3, -0.25) is 14.5 Å². The molecule has 8 heteroatoms. The van der Waals surface area contributed by atoms with E-state index >= 15 is 0 Å². The number of ether oxygens (including phenoxy) is 3. The van der Waals surface area contributed by atoms with Crippen LogP contribution in [0.1, 0.15) is 12.0 Å². The Morgan fingerprint density at radius 3 is 2.56 bits per heavy atom. The predicted molar refractivity (Wildman–Crippen MR) is 149 cm³/mol. The highest BCUT2D eigenvalue weighted by Gasteiger charge is 2.43. The van der Waals surface area contributed by atoms with Gasteiger partial charge in [0.1, 0.15) is 23.9 Å². The first-order valence-corrected chi connectivity index (χ1v) is 13.2. The van der Waals surface area contributed by atoms with Crippen molar-refractivity contribution < 1.29 is 23.8 Å². The number of hydrogen-bond donors (Lipinski definition) is 2. The van der Waals surface area contributed by atoms with E-state index in [9.17, 15) is 9.59 Å². The van der Waals surface area contributed by atoms with Crippen molar-refractivity contribution >= 4 is 17.5 Å². The van der Waals surface area contributed by atoms with E-state index in [4.69, 9.17) is 14.2 Å². The van der Waals surface area contributed by atoms with E-state index in [1.54, 1.807) is 0 Å². The van der Waals surface area contributed by atoms with E-state index < -0.39 is 5.60 Å². The Morgan fingerprint density at radius 1 is 0.949 bits per heavy atom. The van der Waals surface area contributed by atoms with Crippen molar-refractivity contribution in [2.24, 2.45) is 0 Å². The summed E-state index contributed by atoms with van der Waals surface area (Å²) in [5.74, 6) is 1.92. The molecular formula is C31H33N3O5. The van der Waals surface area contributed by atoms with Crippen LogP contribution in [0.25, 0.3) is 0 Å².